The van der Waals surface area contributed by atoms with Crippen LogP contribution in [0.3, 0.4) is 0 Å². The quantitative estimate of drug-likeness (QED) is 0.625. The summed E-state index contributed by atoms with van der Waals surface area (Å²) < 4.78 is 0. The van der Waals surface area contributed by atoms with Crippen molar-refractivity contribution in [1.82, 2.24) is 10.2 Å². The molecule has 1 fully saturated rings. The van der Waals surface area contributed by atoms with Crippen LogP contribution in [0.4, 0.5) is 4.79 Å². The van der Waals surface area contributed by atoms with Crippen molar-refractivity contribution >= 4 is 29.1 Å². The van der Waals surface area contributed by atoms with Crippen molar-refractivity contribution in [2.45, 2.75) is 39.2 Å². The van der Waals surface area contributed by atoms with Crippen molar-refractivity contribution in [3.05, 3.63) is 57.3 Å². The fourth-order valence-corrected chi connectivity index (χ4v) is 3.99. The minimum atomic E-state index is -1.11. The molecule has 1 aromatic carbocycles. The van der Waals surface area contributed by atoms with E-state index in [0.717, 1.165) is 34.4 Å². The van der Waals surface area contributed by atoms with Crippen LogP contribution in [0.15, 0.2) is 35.0 Å². The third-order valence-corrected chi connectivity index (χ3v) is 5.62. The first-order valence-electron chi connectivity index (χ1n) is 8.72. The van der Waals surface area contributed by atoms with Gasteiger partial charge in [-0.05, 0) is 59.3 Å². The second kappa shape index (κ2) is 7.03. The summed E-state index contributed by atoms with van der Waals surface area (Å²) in [5.41, 5.74) is 2.20. The summed E-state index contributed by atoms with van der Waals surface area (Å²) in [7, 11) is 0. The van der Waals surface area contributed by atoms with Crippen molar-refractivity contribution in [3.8, 4) is 0 Å². The van der Waals surface area contributed by atoms with E-state index in [2.05, 4.69) is 5.32 Å². The maximum Gasteiger partial charge on any atom is 0.325 e. The number of hydrogen-bond donors (Lipinski definition) is 1. The van der Waals surface area contributed by atoms with Crippen LogP contribution >= 0.6 is 11.3 Å². The van der Waals surface area contributed by atoms with Gasteiger partial charge in [0.1, 0.15) is 5.54 Å². The molecule has 1 aromatic heterocycles. The smallest absolute Gasteiger partial charge is 0.319 e. The van der Waals surface area contributed by atoms with Crippen LogP contribution in [0, 0.1) is 0 Å². The number of rotatable bonds is 6. The lowest BCUT2D eigenvalue weighted by Crippen LogP contribution is -2.41. The second-order valence-electron chi connectivity index (χ2n) is 6.58. The Morgan fingerprint density at radius 3 is 2.58 bits per heavy atom. The lowest BCUT2D eigenvalue weighted by molar-refractivity contribution is -0.130. The topological polar surface area (TPSA) is 66.5 Å². The summed E-state index contributed by atoms with van der Waals surface area (Å²) in [5, 5.41) is 6.43. The summed E-state index contributed by atoms with van der Waals surface area (Å²) in [6, 6.07) is 7.12. The van der Waals surface area contributed by atoms with Crippen molar-refractivity contribution in [1.29, 1.82) is 0 Å². The molecule has 26 heavy (non-hydrogen) atoms. The predicted octanol–water partition coefficient (Wildman–Crippen LogP) is 3.52. The van der Waals surface area contributed by atoms with Gasteiger partial charge in [0, 0.05) is 5.56 Å². The van der Waals surface area contributed by atoms with Crippen molar-refractivity contribution < 1.29 is 14.4 Å². The van der Waals surface area contributed by atoms with E-state index in [-0.39, 0.29) is 18.2 Å². The molecular weight excluding hydrogens is 348 g/mol. The molecule has 0 unspecified atom stereocenters. The Kier molecular flexibility index (Phi) is 4.96. The molecule has 3 amide bonds. The molecule has 5 nitrogen and oxygen atoms in total. The van der Waals surface area contributed by atoms with Gasteiger partial charge in [-0.15, -0.1) is 0 Å². The molecule has 1 saturated heterocycles. The van der Waals surface area contributed by atoms with Gasteiger partial charge < -0.3 is 5.32 Å². The number of benzene rings is 1. The molecule has 0 saturated carbocycles. The molecule has 2 heterocycles. The Morgan fingerprint density at radius 2 is 1.96 bits per heavy atom. The van der Waals surface area contributed by atoms with E-state index in [0.29, 0.717) is 5.56 Å². The van der Waals surface area contributed by atoms with Crippen LogP contribution in [0.1, 0.15) is 47.8 Å². The second-order valence-corrected chi connectivity index (χ2v) is 7.36. The number of amides is 3. The number of urea groups is 1. The molecule has 0 radical (unpaired) electrons. The normalized spacial score (nSPS) is 19.7. The largest absolute Gasteiger partial charge is 0.325 e. The van der Waals surface area contributed by atoms with Crippen molar-refractivity contribution in [3.63, 3.8) is 0 Å². The van der Waals surface area contributed by atoms with Gasteiger partial charge in [0.15, 0.2) is 5.78 Å². The van der Waals surface area contributed by atoms with Gasteiger partial charge in [0.2, 0.25) is 0 Å². The number of imide groups is 1. The van der Waals surface area contributed by atoms with Gasteiger partial charge in [-0.25, -0.2) is 4.79 Å². The number of hydrogen-bond acceptors (Lipinski definition) is 4. The molecule has 1 atom stereocenters. The molecule has 6 heteroatoms. The van der Waals surface area contributed by atoms with Crippen LogP contribution < -0.4 is 5.32 Å². The SMILES string of the molecule is CCc1ccc(CC)c(C(=O)CN2C(=O)N[C@@](C)(c3ccsc3)C2=O)c1. The maximum atomic E-state index is 12.9. The Balaban J connectivity index is 1.86. The number of aryl methyl sites for hydroxylation is 2. The molecule has 1 aliphatic rings. The molecule has 136 valence electrons. The maximum absolute atomic E-state index is 12.9. The number of carbonyl (C=O) groups excluding carboxylic acids is 3. The summed E-state index contributed by atoms with van der Waals surface area (Å²) >= 11 is 1.46. The minimum absolute atomic E-state index is 0.213. The minimum Gasteiger partial charge on any atom is -0.319 e. The fourth-order valence-electron chi connectivity index (χ4n) is 3.23. The van der Waals surface area contributed by atoms with Crippen LogP contribution in [-0.2, 0) is 23.2 Å². The summed E-state index contributed by atoms with van der Waals surface area (Å²) in [5.74, 6) is -0.603. The van der Waals surface area contributed by atoms with Gasteiger partial charge in [-0.1, -0.05) is 26.0 Å². The fraction of sp³-hybridized carbons (Fsp3) is 0.350. The van der Waals surface area contributed by atoms with E-state index in [1.807, 2.05) is 48.9 Å². The number of nitrogens with one attached hydrogen (secondary N) is 1. The Labute approximate surface area is 157 Å². The molecule has 0 bridgehead atoms. The molecular formula is C20H22N2O3S. The summed E-state index contributed by atoms with van der Waals surface area (Å²) in [6.45, 7) is 5.44. The van der Waals surface area contributed by atoms with Gasteiger partial charge in [-0.2, -0.15) is 11.3 Å². The highest BCUT2D eigenvalue weighted by atomic mass is 32.1. The summed E-state index contributed by atoms with van der Waals surface area (Å²) in [6.07, 6.45) is 1.54. The Morgan fingerprint density at radius 1 is 1.19 bits per heavy atom. The van der Waals surface area contributed by atoms with E-state index in [1.54, 1.807) is 6.92 Å². The number of carbonyl (C=O) groups is 3. The Hall–Kier alpha value is -2.47. The zero-order valence-electron chi connectivity index (χ0n) is 15.2. The highest BCUT2D eigenvalue weighted by molar-refractivity contribution is 7.08. The number of Topliss-reactive ketones (excluding diaryl/α,β-unsaturated/α-hetero) is 1. The third-order valence-electron chi connectivity index (χ3n) is 4.94. The van der Waals surface area contributed by atoms with Gasteiger partial charge in [-0.3, -0.25) is 14.5 Å². The van der Waals surface area contributed by atoms with Crippen LogP contribution in [0.5, 0.6) is 0 Å². The van der Waals surface area contributed by atoms with Crippen molar-refractivity contribution in [2.24, 2.45) is 0 Å². The van der Waals surface area contributed by atoms with Crippen LogP contribution in [-0.4, -0.2) is 29.2 Å². The van der Waals surface area contributed by atoms with Gasteiger partial charge >= 0.3 is 6.03 Å². The van der Waals surface area contributed by atoms with E-state index in [1.165, 1.54) is 11.3 Å². The molecule has 0 spiro atoms. The van der Waals surface area contributed by atoms with E-state index < -0.39 is 11.6 Å². The van der Waals surface area contributed by atoms with Crippen LogP contribution in [0.2, 0.25) is 0 Å². The first kappa shape index (κ1) is 18.3. The first-order valence-corrected chi connectivity index (χ1v) is 9.66. The van der Waals surface area contributed by atoms with E-state index >= 15 is 0 Å². The average Bonchev–Trinajstić information content (AvgIpc) is 3.25. The third kappa shape index (κ3) is 3.05. The van der Waals surface area contributed by atoms with Crippen molar-refractivity contribution in [2.75, 3.05) is 6.54 Å². The van der Waals surface area contributed by atoms with Gasteiger partial charge in [0.25, 0.3) is 5.91 Å². The number of ketones is 1. The highest BCUT2D eigenvalue weighted by Crippen LogP contribution is 2.30. The highest BCUT2D eigenvalue weighted by Gasteiger charge is 2.49. The lowest BCUT2D eigenvalue weighted by Gasteiger charge is -2.20. The average molecular weight is 370 g/mol. The zero-order valence-corrected chi connectivity index (χ0v) is 16.0. The molecule has 2 aromatic rings. The monoisotopic (exact) mass is 370 g/mol. The lowest BCUT2D eigenvalue weighted by atomic mass is 9.94. The zero-order chi connectivity index (χ0) is 18.9. The standard InChI is InChI=1S/C20H22N2O3S/c1-4-13-6-7-14(5-2)16(10-13)17(23)11-22-18(24)20(3,21-19(22)25)15-8-9-26-12-15/h6-10,12H,4-5,11H2,1-3H3,(H,21,25)/t20-/m0/s1. The molecule has 3 rings (SSSR count). The first-order chi connectivity index (χ1) is 12.4. The number of thiophene rings is 1. The Bertz CT molecular complexity index is 860. The molecule has 0 aliphatic carbocycles. The van der Waals surface area contributed by atoms with Crippen LogP contribution in [0.25, 0.3) is 0 Å². The number of nitrogens with zero attached hydrogens (tertiary/aromatic N) is 1. The summed E-state index contributed by atoms with van der Waals surface area (Å²) in [4.78, 5) is 39.2. The van der Waals surface area contributed by atoms with E-state index in [4.69, 9.17) is 0 Å². The predicted molar refractivity (Wildman–Crippen MR) is 101 cm³/mol. The van der Waals surface area contributed by atoms with E-state index in [9.17, 15) is 14.4 Å². The van der Waals surface area contributed by atoms with Gasteiger partial charge in [0.05, 0.1) is 6.54 Å². The molecule has 1 aliphatic heterocycles. The molecule has 1 N–H and O–H groups in total.